The van der Waals surface area contributed by atoms with Gasteiger partial charge in [0.05, 0.1) is 5.69 Å². The van der Waals surface area contributed by atoms with E-state index in [1.807, 2.05) is 6.07 Å². The van der Waals surface area contributed by atoms with Crippen molar-refractivity contribution < 1.29 is 18.7 Å². The van der Waals surface area contributed by atoms with Crippen LogP contribution in [0.25, 0.3) is 0 Å². The Bertz CT molecular complexity index is 813. The molecule has 2 aromatic carbocycles. The number of halogens is 2. The minimum Gasteiger partial charge on any atom is -0.484 e. The monoisotopic (exact) mass is 406 g/mol. The molecular weight excluding hydrogens is 391 g/mol. The zero-order valence-corrected chi connectivity index (χ0v) is 14.9. The lowest BCUT2D eigenvalue weighted by molar-refractivity contribution is -0.118. The van der Waals surface area contributed by atoms with E-state index < -0.39 is 11.7 Å². The Labute approximate surface area is 152 Å². The lowest BCUT2D eigenvalue weighted by Crippen LogP contribution is -2.24. The van der Waals surface area contributed by atoms with Crippen LogP contribution < -0.4 is 15.0 Å². The van der Waals surface area contributed by atoms with E-state index in [9.17, 15) is 14.0 Å². The molecule has 7 heteroatoms. The Kier molecular flexibility index (Phi) is 5.33. The second-order valence-corrected chi connectivity index (χ2v) is 6.52. The molecule has 1 aliphatic rings. The number of carbonyl (C=O) groups is 2. The highest BCUT2D eigenvalue weighted by Gasteiger charge is 2.21. The largest absolute Gasteiger partial charge is 0.484 e. The van der Waals surface area contributed by atoms with Crippen LogP contribution in [0.15, 0.2) is 46.9 Å². The highest BCUT2D eigenvalue weighted by molar-refractivity contribution is 9.10. The number of nitrogens with zero attached hydrogens (tertiary/aromatic N) is 1. The summed E-state index contributed by atoms with van der Waals surface area (Å²) in [4.78, 5) is 25.4. The average molecular weight is 407 g/mol. The quantitative estimate of drug-likeness (QED) is 0.822. The molecule has 0 atom stereocenters. The third-order valence-corrected chi connectivity index (χ3v) is 4.27. The minimum atomic E-state index is -0.530. The van der Waals surface area contributed by atoms with Gasteiger partial charge in [-0.3, -0.25) is 9.59 Å². The smallest absolute Gasteiger partial charge is 0.262 e. The number of nitrogens with one attached hydrogen (secondary N) is 1. The minimum absolute atomic E-state index is 0.0839. The number of carbonyl (C=O) groups excluding carboxylic acids is 2. The molecule has 1 fully saturated rings. The molecule has 1 heterocycles. The van der Waals surface area contributed by atoms with Gasteiger partial charge in [0.15, 0.2) is 6.61 Å². The highest BCUT2D eigenvalue weighted by atomic mass is 79.9. The summed E-state index contributed by atoms with van der Waals surface area (Å²) < 4.78 is 19.8. The zero-order chi connectivity index (χ0) is 17.8. The van der Waals surface area contributed by atoms with Crippen molar-refractivity contribution in [2.24, 2.45) is 0 Å². The maximum atomic E-state index is 13.7. The number of amides is 2. The van der Waals surface area contributed by atoms with Gasteiger partial charge in [-0.2, -0.15) is 0 Å². The SMILES string of the molecule is O=C(COc1cccc(N2CCCC2=O)c1)Nc1ccc(Br)cc1F. The fourth-order valence-corrected chi connectivity index (χ4v) is 2.92. The van der Waals surface area contributed by atoms with E-state index in [-0.39, 0.29) is 18.2 Å². The lowest BCUT2D eigenvalue weighted by Gasteiger charge is -2.16. The van der Waals surface area contributed by atoms with Crippen molar-refractivity contribution in [2.45, 2.75) is 12.8 Å². The molecule has 0 unspecified atom stereocenters. The molecule has 130 valence electrons. The zero-order valence-electron chi connectivity index (χ0n) is 13.3. The van der Waals surface area contributed by atoms with Gasteiger partial charge in [0.1, 0.15) is 11.6 Å². The van der Waals surface area contributed by atoms with Crippen LogP contribution in [0, 0.1) is 5.82 Å². The third kappa shape index (κ3) is 4.36. The van der Waals surface area contributed by atoms with Gasteiger partial charge in [0.2, 0.25) is 5.91 Å². The summed E-state index contributed by atoms with van der Waals surface area (Å²) in [6.45, 7) is 0.429. The molecule has 0 spiro atoms. The Morgan fingerprint density at radius 3 is 2.84 bits per heavy atom. The standard InChI is InChI=1S/C18H16BrFN2O3/c19-12-6-7-16(15(20)9-12)21-17(23)11-25-14-4-1-3-13(10-14)22-8-2-5-18(22)24/h1,3-4,6-7,9-10H,2,5,8,11H2,(H,21,23). The summed E-state index contributed by atoms with van der Waals surface area (Å²) in [6, 6.07) is 11.4. The Hall–Kier alpha value is -2.41. The van der Waals surface area contributed by atoms with Crippen LogP contribution in [-0.4, -0.2) is 25.0 Å². The van der Waals surface area contributed by atoms with Gasteiger partial charge in [-0.25, -0.2) is 4.39 Å². The normalized spacial score (nSPS) is 13.8. The summed E-state index contributed by atoms with van der Waals surface area (Å²) in [7, 11) is 0. The van der Waals surface area contributed by atoms with E-state index in [0.29, 0.717) is 23.2 Å². The summed E-state index contributed by atoms with van der Waals surface area (Å²) in [5.74, 6) is -0.439. The van der Waals surface area contributed by atoms with Gasteiger partial charge in [-0.1, -0.05) is 22.0 Å². The number of hydrogen-bond acceptors (Lipinski definition) is 3. The van der Waals surface area contributed by atoms with Crippen molar-refractivity contribution in [3.05, 3.63) is 52.8 Å². The maximum Gasteiger partial charge on any atom is 0.262 e. The van der Waals surface area contributed by atoms with Crippen molar-refractivity contribution in [3.8, 4) is 5.75 Å². The maximum absolute atomic E-state index is 13.7. The first-order chi connectivity index (χ1) is 12.0. The first kappa shape index (κ1) is 17.4. The number of hydrogen-bond donors (Lipinski definition) is 1. The second kappa shape index (κ2) is 7.65. The van der Waals surface area contributed by atoms with Crippen LogP contribution in [0.4, 0.5) is 15.8 Å². The predicted molar refractivity (Wildman–Crippen MR) is 96.3 cm³/mol. The summed E-state index contributed by atoms with van der Waals surface area (Å²) in [5.41, 5.74) is 0.840. The van der Waals surface area contributed by atoms with Gasteiger partial charge in [-0.05, 0) is 36.8 Å². The van der Waals surface area contributed by atoms with Crippen molar-refractivity contribution in [3.63, 3.8) is 0 Å². The molecular formula is C18H16BrFN2O3. The van der Waals surface area contributed by atoms with E-state index in [1.165, 1.54) is 12.1 Å². The van der Waals surface area contributed by atoms with E-state index in [2.05, 4.69) is 21.2 Å². The summed E-state index contributed by atoms with van der Waals surface area (Å²) in [6.07, 6.45) is 1.39. The number of ether oxygens (including phenoxy) is 1. The van der Waals surface area contributed by atoms with Crippen molar-refractivity contribution in [1.82, 2.24) is 0 Å². The van der Waals surface area contributed by atoms with Crippen LogP contribution in [0.2, 0.25) is 0 Å². The van der Waals surface area contributed by atoms with Crippen LogP contribution in [0.5, 0.6) is 5.75 Å². The van der Waals surface area contributed by atoms with Gasteiger partial charge in [-0.15, -0.1) is 0 Å². The van der Waals surface area contributed by atoms with Gasteiger partial charge >= 0.3 is 0 Å². The number of benzene rings is 2. The number of anilines is 2. The van der Waals surface area contributed by atoms with Crippen molar-refractivity contribution in [2.75, 3.05) is 23.4 Å². The van der Waals surface area contributed by atoms with Gasteiger partial charge in [0.25, 0.3) is 5.91 Å². The molecule has 25 heavy (non-hydrogen) atoms. The van der Waals surface area contributed by atoms with E-state index in [4.69, 9.17) is 4.74 Å². The van der Waals surface area contributed by atoms with E-state index in [1.54, 1.807) is 29.2 Å². The molecule has 2 aromatic rings. The van der Waals surface area contributed by atoms with Crippen molar-refractivity contribution >= 4 is 39.1 Å². The highest BCUT2D eigenvalue weighted by Crippen LogP contribution is 2.25. The van der Waals surface area contributed by atoms with E-state index >= 15 is 0 Å². The molecule has 1 saturated heterocycles. The molecule has 0 aromatic heterocycles. The van der Waals surface area contributed by atoms with Crippen LogP contribution >= 0.6 is 15.9 Å². The van der Waals surface area contributed by atoms with Gasteiger partial charge in [0, 0.05) is 29.2 Å². The Morgan fingerprint density at radius 1 is 1.28 bits per heavy atom. The van der Waals surface area contributed by atoms with Crippen LogP contribution in [0.1, 0.15) is 12.8 Å². The molecule has 1 N–H and O–H groups in total. The molecule has 2 amide bonds. The second-order valence-electron chi connectivity index (χ2n) is 5.61. The molecule has 0 bridgehead atoms. The predicted octanol–water partition coefficient (Wildman–Crippen LogP) is 3.73. The van der Waals surface area contributed by atoms with E-state index in [0.717, 1.165) is 12.1 Å². The topological polar surface area (TPSA) is 58.6 Å². The van der Waals surface area contributed by atoms with Crippen LogP contribution in [0.3, 0.4) is 0 Å². The molecule has 1 aliphatic heterocycles. The van der Waals surface area contributed by atoms with Gasteiger partial charge < -0.3 is 15.0 Å². The average Bonchev–Trinajstić information content (AvgIpc) is 3.02. The third-order valence-electron chi connectivity index (χ3n) is 3.78. The first-order valence-corrected chi connectivity index (χ1v) is 8.60. The molecule has 0 saturated carbocycles. The molecule has 0 aliphatic carbocycles. The van der Waals surface area contributed by atoms with Crippen LogP contribution in [-0.2, 0) is 9.59 Å². The molecule has 3 rings (SSSR count). The molecule has 5 nitrogen and oxygen atoms in total. The Morgan fingerprint density at radius 2 is 2.12 bits per heavy atom. The summed E-state index contributed by atoms with van der Waals surface area (Å²) in [5, 5.41) is 2.46. The lowest BCUT2D eigenvalue weighted by atomic mass is 10.3. The van der Waals surface area contributed by atoms with Crippen molar-refractivity contribution in [1.29, 1.82) is 0 Å². The number of rotatable bonds is 5. The Balaban J connectivity index is 1.59. The summed E-state index contributed by atoms with van der Waals surface area (Å²) >= 11 is 3.16. The first-order valence-electron chi connectivity index (χ1n) is 7.81. The fraction of sp³-hybridized carbons (Fsp3) is 0.222. The fourth-order valence-electron chi connectivity index (χ4n) is 2.59. The molecule has 0 radical (unpaired) electrons.